The maximum atomic E-state index is 9.50. The third-order valence-corrected chi connectivity index (χ3v) is 4.80. The van der Waals surface area contributed by atoms with E-state index < -0.39 is 0 Å². The van der Waals surface area contributed by atoms with Crippen LogP contribution in [0.4, 0.5) is 5.82 Å². The molecule has 4 N–H and O–H groups in total. The number of aryl methyl sites for hydroxylation is 1. The number of hydrogen-bond donors (Lipinski definition) is 3. The number of aromatic nitrogens is 2. The van der Waals surface area contributed by atoms with Gasteiger partial charge >= 0.3 is 0 Å². The van der Waals surface area contributed by atoms with Crippen molar-refractivity contribution >= 4 is 47.4 Å². The van der Waals surface area contributed by atoms with E-state index in [1.54, 1.807) is 11.7 Å². The first-order chi connectivity index (χ1) is 14.6. The Balaban J connectivity index is 0.00000341. The topological polar surface area (TPSA) is 104 Å². The Bertz CT molecular complexity index is 1060. The molecule has 9 heteroatoms. The lowest BCUT2D eigenvalue weighted by molar-refractivity contribution is 0.722. The summed E-state index contributed by atoms with van der Waals surface area (Å²) in [6.45, 7) is 1.30. The van der Waals surface area contributed by atoms with Gasteiger partial charge in [-0.15, -0.1) is 24.0 Å². The van der Waals surface area contributed by atoms with E-state index in [1.807, 2.05) is 54.6 Å². The molecule has 3 rings (SSSR count). The number of nitrogens with one attached hydrogen (secondary N) is 2. The number of para-hydroxylation sites is 1. The molecule has 2 aromatic carbocycles. The molecule has 0 radical (unpaired) electrons. The summed E-state index contributed by atoms with van der Waals surface area (Å²) >= 11 is 6.02. The number of nitrogen functional groups attached to an aromatic ring is 1. The Morgan fingerprint density at radius 3 is 2.65 bits per heavy atom. The Morgan fingerprint density at radius 2 is 1.97 bits per heavy atom. The van der Waals surface area contributed by atoms with E-state index in [-0.39, 0.29) is 24.0 Å². The highest BCUT2D eigenvalue weighted by molar-refractivity contribution is 14.0. The first-order valence-corrected chi connectivity index (χ1v) is 10.0. The van der Waals surface area contributed by atoms with Gasteiger partial charge in [0.25, 0.3) is 0 Å². The standard InChI is InChI=1S/C22H24ClN7.HI/c1-26-22(28-15-16-7-5-8-17(23)13-16)27-12-6-11-20-19(14-24)21(25)30(29-20)18-9-3-2-4-10-18;/h2-5,7-10,13H,6,11-12,15,25H2,1H3,(H2,26,27,28);1H. The normalized spacial score (nSPS) is 10.8. The molecule has 1 aromatic heterocycles. The molecule has 0 bridgehead atoms. The number of guanidine groups is 1. The number of hydrogen-bond acceptors (Lipinski definition) is 4. The summed E-state index contributed by atoms with van der Waals surface area (Å²) in [7, 11) is 1.73. The van der Waals surface area contributed by atoms with Gasteiger partial charge < -0.3 is 16.4 Å². The number of nitrogens with zero attached hydrogens (tertiary/aromatic N) is 4. The maximum Gasteiger partial charge on any atom is 0.191 e. The molecule has 0 aliphatic carbocycles. The zero-order chi connectivity index (χ0) is 21.3. The zero-order valence-electron chi connectivity index (χ0n) is 17.2. The molecule has 0 unspecified atom stereocenters. The van der Waals surface area contributed by atoms with Crippen LogP contribution in [0.3, 0.4) is 0 Å². The highest BCUT2D eigenvalue weighted by atomic mass is 127. The Kier molecular flexibility index (Phi) is 9.62. The van der Waals surface area contributed by atoms with Crippen molar-refractivity contribution in [2.24, 2.45) is 4.99 Å². The molecule has 31 heavy (non-hydrogen) atoms. The minimum Gasteiger partial charge on any atom is -0.382 e. The van der Waals surface area contributed by atoms with Gasteiger partial charge in [0.05, 0.1) is 11.4 Å². The van der Waals surface area contributed by atoms with Crippen LogP contribution in [0.25, 0.3) is 5.69 Å². The molecular formula is C22H25ClIN7. The molecular weight excluding hydrogens is 525 g/mol. The van der Waals surface area contributed by atoms with Crippen LogP contribution in [0.2, 0.25) is 5.02 Å². The fourth-order valence-electron chi connectivity index (χ4n) is 3.06. The van der Waals surface area contributed by atoms with Gasteiger partial charge in [0.1, 0.15) is 17.5 Å². The summed E-state index contributed by atoms with van der Waals surface area (Å²) in [6, 6.07) is 19.4. The van der Waals surface area contributed by atoms with Gasteiger partial charge in [0.2, 0.25) is 0 Å². The SMILES string of the molecule is CN=C(NCCCc1nn(-c2ccccc2)c(N)c1C#N)NCc1cccc(Cl)c1.I. The molecule has 0 aliphatic heterocycles. The Hall–Kier alpha value is -2.77. The van der Waals surface area contributed by atoms with Crippen molar-refractivity contribution in [3.8, 4) is 11.8 Å². The average Bonchev–Trinajstić information content (AvgIpc) is 3.09. The fourth-order valence-corrected chi connectivity index (χ4v) is 3.27. The summed E-state index contributed by atoms with van der Waals surface area (Å²) in [5.74, 6) is 1.07. The number of halogens is 2. The second-order valence-electron chi connectivity index (χ2n) is 6.65. The lowest BCUT2D eigenvalue weighted by Crippen LogP contribution is -2.37. The molecule has 0 fully saturated rings. The summed E-state index contributed by atoms with van der Waals surface area (Å²) in [5, 5.41) is 21.3. The molecule has 162 valence electrons. The lowest BCUT2D eigenvalue weighted by Gasteiger charge is -2.12. The van der Waals surface area contributed by atoms with Gasteiger partial charge in [-0.3, -0.25) is 4.99 Å². The van der Waals surface area contributed by atoms with Crippen molar-refractivity contribution < 1.29 is 0 Å². The molecule has 1 heterocycles. The van der Waals surface area contributed by atoms with Crippen molar-refractivity contribution in [1.29, 1.82) is 5.26 Å². The highest BCUT2D eigenvalue weighted by Gasteiger charge is 2.16. The Labute approximate surface area is 204 Å². The predicted molar refractivity (Wildman–Crippen MR) is 136 cm³/mol. The van der Waals surface area contributed by atoms with E-state index in [0.29, 0.717) is 47.6 Å². The smallest absolute Gasteiger partial charge is 0.191 e. The van der Waals surface area contributed by atoms with Crippen LogP contribution in [-0.4, -0.2) is 29.3 Å². The molecule has 0 atom stereocenters. The van der Waals surface area contributed by atoms with Crippen LogP contribution >= 0.6 is 35.6 Å². The molecule has 7 nitrogen and oxygen atoms in total. The Morgan fingerprint density at radius 1 is 1.19 bits per heavy atom. The third kappa shape index (κ3) is 6.60. The quantitative estimate of drug-likeness (QED) is 0.180. The minimum atomic E-state index is 0. The van der Waals surface area contributed by atoms with Crippen molar-refractivity contribution in [2.75, 3.05) is 19.3 Å². The molecule has 0 spiro atoms. The maximum absolute atomic E-state index is 9.50. The lowest BCUT2D eigenvalue weighted by atomic mass is 10.1. The van der Waals surface area contributed by atoms with E-state index >= 15 is 0 Å². The number of rotatable bonds is 7. The first kappa shape index (κ1) is 24.5. The largest absolute Gasteiger partial charge is 0.382 e. The van der Waals surface area contributed by atoms with E-state index in [1.165, 1.54) is 0 Å². The molecule has 0 aliphatic rings. The van der Waals surface area contributed by atoms with Crippen LogP contribution in [0.1, 0.15) is 23.2 Å². The molecule has 0 saturated carbocycles. The van der Waals surface area contributed by atoms with Crippen LogP contribution in [-0.2, 0) is 13.0 Å². The summed E-state index contributed by atoms with van der Waals surface area (Å²) < 4.78 is 1.62. The van der Waals surface area contributed by atoms with E-state index in [2.05, 4.69) is 26.8 Å². The van der Waals surface area contributed by atoms with Crippen LogP contribution < -0.4 is 16.4 Å². The van der Waals surface area contributed by atoms with E-state index in [0.717, 1.165) is 17.7 Å². The van der Waals surface area contributed by atoms with Crippen LogP contribution in [0.15, 0.2) is 59.6 Å². The summed E-state index contributed by atoms with van der Waals surface area (Å²) in [5.41, 5.74) is 9.19. The third-order valence-electron chi connectivity index (χ3n) is 4.56. The van der Waals surface area contributed by atoms with Crippen LogP contribution in [0.5, 0.6) is 0 Å². The molecule has 3 aromatic rings. The minimum absolute atomic E-state index is 0. The number of aliphatic imine (C=N–C) groups is 1. The second-order valence-corrected chi connectivity index (χ2v) is 7.09. The summed E-state index contributed by atoms with van der Waals surface area (Å²) in [4.78, 5) is 4.23. The van der Waals surface area contributed by atoms with Crippen LogP contribution in [0, 0.1) is 11.3 Å². The number of nitrogens with two attached hydrogens (primary N) is 1. The number of benzene rings is 2. The first-order valence-electron chi connectivity index (χ1n) is 9.64. The molecule has 0 saturated heterocycles. The monoisotopic (exact) mass is 549 g/mol. The van der Waals surface area contributed by atoms with Crippen molar-refractivity contribution in [3.05, 3.63) is 76.4 Å². The van der Waals surface area contributed by atoms with Gasteiger partial charge in [0.15, 0.2) is 5.96 Å². The van der Waals surface area contributed by atoms with Gasteiger partial charge in [-0.05, 0) is 42.7 Å². The van der Waals surface area contributed by atoms with Crippen molar-refractivity contribution in [3.63, 3.8) is 0 Å². The number of nitriles is 1. The van der Waals surface area contributed by atoms with Gasteiger partial charge in [-0.25, -0.2) is 4.68 Å². The predicted octanol–water partition coefficient (Wildman–Crippen LogP) is 3.90. The van der Waals surface area contributed by atoms with Gasteiger partial charge in [0, 0.05) is 25.2 Å². The van der Waals surface area contributed by atoms with Crippen molar-refractivity contribution in [1.82, 2.24) is 20.4 Å². The number of anilines is 1. The van der Waals surface area contributed by atoms with Gasteiger partial charge in [-0.1, -0.05) is 41.9 Å². The fraction of sp³-hybridized carbons (Fsp3) is 0.227. The van der Waals surface area contributed by atoms with E-state index in [4.69, 9.17) is 17.3 Å². The van der Waals surface area contributed by atoms with E-state index in [9.17, 15) is 5.26 Å². The van der Waals surface area contributed by atoms with Crippen molar-refractivity contribution in [2.45, 2.75) is 19.4 Å². The summed E-state index contributed by atoms with van der Waals surface area (Å²) in [6.07, 6.45) is 1.41. The highest BCUT2D eigenvalue weighted by Crippen LogP contribution is 2.21. The second kappa shape index (κ2) is 12.2. The average molecular weight is 550 g/mol. The zero-order valence-corrected chi connectivity index (χ0v) is 20.3. The molecule has 0 amide bonds. The van der Waals surface area contributed by atoms with Gasteiger partial charge in [-0.2, -0.15) is 10.4 Å².